The molecule has 11 rings (SSSR count). The molecular formula is C52H33NS2. The van der Waals surface area contributed by atoms with Crippen molar-refractivity contribution in [2.45, 2.75) is 0 Å². The van der Waals surface area contributed by atoms with E-state index in [-0.39, 0.29) is 0 Å². The molecule has 11 aromatic rings. The van der Waals surface area contributed by atoms with Crippen molar-refractivity contribution in [1.82, 2.24) is 0 Å². The Balaban J connectivity index is 1.01. The van der Waals surface area contributed by atoms with Crippen LogP contribution in [0.3, 0.4) is 0 Å². The van der Waals surface area contributed by atoms with Gasteiger partial charge in [-0.25, -0.2) is 0 Å². The molecule has 2 aromatic heterocycles. The maximum Gasteiger partial charge on any atom is 0.0467 e. The Morgan fingerprint density at radius 1 is 0.291 bits per heavy atom. The predicted molar refractivity (Wildman–Crippen MR) is 241 cm³/mol. The van der Waals surface area contributed by atoms with Crippen LogP contribution < -0.4 is 4.90 Å². The Kier molecular flexibility index (Phi) is 7.61. The summed E-state index contributed by atoms with van der Waals surface area (Å²) in [5, 5.41) is 7.81. The van der Waals surface area contributed by atoms with Crippen molar-refractivity contribution in [3.05, 3.63) is 200 Å². The number of hydrogen-bond acceptors (Lipinski definition) is 3. The normalized spacial score (nSPS) is 11.6. The second-order valence-corrected chi connectivity index (χ2v) is 16.3. The minimum atomic E-state index is 1.11. The minimum Gasteiger partial charge on any atom is -0.310 e. The third kappa shape index (κ3) is 5.60. The molecule has 0 saturated heterocycles. The molecule has 2 heterocycles. The molecular weight excluding hydrogens is 703 g/mol. The van der Waals surface area contributed by atoms with Gasteiger partial charge in [0, 0.05) is 57.4 Å². The third-order valence-corrected chi connectivity index (χ3v) is 13.1. The first-order valence-electron chi connectivity index (χ1n) is 18.7. The molecule has 3 heteroatoms. The Hall–Kier alpha value is -6.52. The Morgan fingerprint density at radius 3 is 1.67 bits per heavy atom. The fourth-order valence-electron chi connectivity index (χ4n) is 8.15. The SMILES string of the molecule is c1cc(-c2ccc3ccccc3c2)cc(N(c2ccc(-c3ccc4c(c3)sc3ccccc34)cc2)c2ccc(-c3cccc4sc5ccccc5c34)cc2)c1. The lowest BCUT2D eigenvalue weighted by Gasteiger charge is -2.26. The lowest BCUT2D eigenvalue weighted by atomic mass is 9.98. The molecule has 0 aliphatic heterocycles. The van der Waals surface area contributed by atoms with Crippen LogP contribution in [0.2, 0.25) is 0 Å². The minimum absolute atomic E-state index is 1.11. The van der Waals surface area contributed by atoms with Gasteiger partial charge in [0.2, 0.25) is 0 Å². The molecule has 0 spiro atoms. The van der Waals surface area contributed by atoms with E-state index in [1.807, 2.05) is 22.7 Å². The highest BCUT2D eigenvalue weighted by Crippen LogP contribution is 2.43. The molecule has 0 aliphatic carbocycles. The van der Waals surface area contributed by atoms with E-state index in [0.29, 0.717) is 0 Å². The average Bonchev–Trinajstić information content (AvgIpc) is 3.82. The Bertz CT molecular complexity index is 3200. The van der Waals surface area contributed by atoms with Crippen molar-refractivity contribution in [1.29, 1.82) is 0 Å². The zero-order valence-electron chi connectivity index (χ0n) is 29.8. The highest BCUT2D eigenvalue weighted by molar-refractivity contribution is 7.26. The Labute approximate surface area is 327 Å². The number of thiophene rings is 2. The summed E-state index contributed by atoms with van der Waals surface area (Å²) >= 11 is 3.73. The Morgan fingerprint density at radius 2 is 0.855 bits per heavy atom. The van der Waals surface area contributed by atoms with Gasteiger partial charge in [-0.05, 0) is 111 Å². The first-order valence-corrected chi connectivity index (χ1v) is 20.3. The number of benzene rings is 9. The van der Waals surface area contributed by atoms with Crippen LogP contribution >= 0.6 is 22.7 Å². The second kappa shape index (κ2) is 13.1. The van der Waals surface area contributed by atoms with Crippen LogP contribution in [0.4, 0.5) is 17.1 Å². The first-order chi connectivity index (χ1) is 27.2. The molecule has 9 aromatic carbocycles. The summed E-state index contributed by atoms with van der Waals surface area (Å²) in [6.07, 6.45) is 0. The van der Waals surface area contributed by atoms with E-state index in [1.165, 1.54) is 84.5 Å². The van der Waals surface area contributed by atoms with Crippen LogP contribution in [0.5, 0.6) is 0 Å². The van der Waals surface area contributed by atoms with E-state index in [1.54, 1.807) is 0 Å². The summed E-state index contributed by atoms with van der Waals surface area (Å²) in [5.41, 5.74) is 10.7. The summed E-state index contributed by atoms with van der Waals surface area (Å²) in [7, 11) is 0. The molecule has 0 saturated carbocycles. The number of anilines is 3. The zero-order valence-corrected chi connectivity index (χ0v) is 31.4. The van der Waals surface area contributed by atoms with Crippen LogP contribution in [0, 0.1) is 0 Å². The van der Waals surface area contributed by atoms with Crippen molar-refractivity contribution in [2.24, 2.45) is 0 Å². The number of fused-ring (bicyclic) bond motifs is 7. The first kappa shape index (κ1) is 32.0. The van der Waals surface area contributed by atoms with Crippen LogP contribution in [0.1, 0.15) is 0 Å². The van der Waals surface area contributed by atoms with Gasteiger partial charge in [-0.15, -0.1) is 22.7 Å². The van der Waals surface area contributed by atoms with Crippen molar-refractivity contribution in [3.8, 4) is 33.4 Å². The van der Waals surface area contributed by atoms with Crippen molar-refractivity contribution < 1.29 is 0 Å². The molecule has 55 heavy (non-hydrogen) atoms. The maximum atomic E-state index is 2.38. The van der Waals surface area contributed by atoms with Gasteiger partial charge in [-0.3, -0.25) is 0 Å². The topological polar surface area (TPSA) is 3.24 Å². The molecule has 1 nitrogen and oxygen atoms in total. The fourth-order valence-corrected chi connectivity index (χ4v) is 10.4. The van der Waals surface area contributed by atoms with E-state index in [2.05, 4.69) is 205 Å². The number of hydrogen-bond donors (Lipinski definition) is 0. The quantitative estimate of drug-likeness (QED) is 0.164. The van der Waals surface area contributed by atoms with Crippen molar-refractivity contribution >= 4 is 90.9 Å². The maximum absolute atomic E-state index is 2.38. The average molecular weight is 736 g/mol. The smallest absolute Gasteiger partial charge is 0.0467 e. The van der Waals surface area contributed by atoms with Gasteiger partial charge in [0.25, 0.3) is 0 Å². The summed E-state index contributed by atoms with van der Waals surface area (Å²) in [6.45, 7) is 0. The van der Waals surface area contributed by atoms with Crippen LogP contribution in [0.25, 0.3) is 84.5 Å². The summed E-state index contributed by atoms with van der Waals surface area (Å²) in [6, 6.07) is 73.5. The summed E-state index contributed by atoms with van der Waals surface area (Å²) in [5.74, 6) is 0. The van der Waals surface area contributed by atoms with E-state index in [9.17, 15) is 0 Å². The number of rotatable bonds is 6. The lowest BCUT2D eigenvalue weighted by Crippen LogP contribution is -2.10. The largest absolute Gasteiger partial charge is 0.310 e. The van der Waals surface area contributed by atoms with E-state index in [0.717, 1.165) is 17.1 Å². The standard InChI is InChI=1S/C52H33NS2/c1-2-10-37-31-39(20-19-34(37)9-1)38-11-7-12-43(32-38)53(41-26-21-35(22-27-41)40-25-30-46-45-13-3-5-16-48(45)55-51(46)33-40)42-28-23-36(24-29-42)44-15-8-18-50-52(44)47-14-4-6-17-49(47)54-50/h1-33H. The highest BCUT2D eigenvalue weighted by Gasteiger charge is 2.16. The van der Waals surface area contributed by atoms with E-state index in [4.69, 9.17) is 0 Å². The van der Waals surface area contributed by atoms with Gasteiger partial charge >= 0.3 is 0 Å². The van der Waals surface area contributed by atoms with Crippen molar-refractivity contribution in [3.63, 3.8) is 0 Å². The summed E-state index contributed by atoms with van der Waals surface area (Å²) in [4.78, 5) is 2.38. The van der Waals surface area contributed by atoms with Crippen LogP contribution in [-0.4, -0.2) is 0 Å². The van der Waals surface area contributed by atoms with Crippen LogP contribution in [0.15, 0.2) is 200 Å². The van der Waals surface area contributed by atoms with Gasteiger partial charge in [0.15, 0.2) is 0 Å². The van der Waals surface area contributed by atoms with Gasteiger partial charge in [-0.2, -0.15) is 0 Å². The molecule has 0 bridgehead atoms. The predicted octanol–water partition coefficient (Wildman–Crippen LogP) is 16.0. The lowest BCUT2D eigenvalue weighted by molar-refractivity contribution is 1.28. The van der Waals surface area contributed by atoms with Gasteiger partial charge in [0.1, 0.15) is 0 Å². The molecule has 0 radical (unpaired) electrons. The van der Waals surface area contributed by atoms with E-state index >= 15 is 0 Å². The zero-order chi connectivity index (χ0) is 36.3. The molecule has 0 unspecified atom stereocenters. The second-order valence-electron chi connectivity index (χ2n) is 14.1. The monoisotopic (exact) mass is 735 g/mol. The van der Waals surface area contributed by atoms with Gasteiger partial charge in [-0.1, -0.05) is 133 Å². The molecule has 0 N–H and O–H groups in total. The third-order valence-electron chi connectivity index (χ3n) is 10.9. The van der Waals surface area contributed by atoms with Gasteiger partial charge < -0.3 is 4.90 Å². The highest BCUT2D eigenvalue weighted by atomic mass is 32.1. The van der Waals surface area contributed by atoms with Crippen LogP contribution in [-0.2, 0) is 0 Å². The molecule has 0 fully saturated rings. The van der Waals surface area contributed by atoms with Crippen molar-refractivity contribution in [2.75, 3.05) is 4.90 Å². The number of nitrogens with zero attached hydrogens (tertiary/aromatic N) is 1. The van der Waals surface area contributed by atoms with E-state index < -0.39 is 0 Å². The van der Waals surface area contributed by atoms with Gasteiger partial charge in [0.05, 0.1) is 0 Å². The molecule has 0 amide bonds. The molecule has 0 atom stereocenters. The summed E-state index contributed by atoms with van der Waals surface area (Å²) < 4.78 is 5.30. The molecule has 0 aliphatic rings. The molecule has 258 valence electrons. The fraction of sp³-hybridized carbons (Fsp3) is 0.